The van der Waals surface area contributed by atoms with Crippen molar-refractivity contribution in [2.45, 2.75) is 86.0 Å². The number of carbonyl (C=O) groups is 1. The van der Waals surface area contributed by atoms with Crippen LogP contribution in [-0.2, 0) is 4.79 Å². The molecule has 0 aliphatic heterocycles. The van der Waals surface area contributed by atoms with Crippen LogP contribution in [0.25, 0.3) is 0 Å². The van der Waals surface area contributed by atoms with Gasteiger partial charge in [-0.05, 0) is 66.2 Å². The molecule has 0 aromatic heterocycles. The molecule has 1 nitrogen and oxygen atoms in total. The Bertz CT molecular complexity index is 383. The molecule has 1 heteroatoms. The lowest BCUT2D eigenvalue weighted by atomic mass is 10.0. The van der Waals surface area contributed by atoms with Crippen molar-refractivity contribution in [3.63, 3.8) is 0 Å². The van der Waals surface area contributed by atoms with Crippen molar-refractivity contribution in [3.05, 3.63) is 34.9 Å². The summed E-state index contributed by atoms with van der Waals surface area (Å²) in [5, 5.41) is 0. The van der Waals surface area contributed by atoms with Gasteiger partial charge in [0.15, 0.2) is 0 Å². The van der Waals surface area contributed by atoms with E-state index in [1.54, 1.807) is 6.92 Å². The molecule has 0 rings (SSSR count). The lowest BCUT2D eigenvalue weighted by Gasteiger charge is -2.02. The maximum Gasteiger partial charge on any atom is 0.130 e. The van der Waals surface area contributed by atoms with Crippen LogP contribution in [0.3, 0.4) is 0 Å². The average molecular weight is 290 g/mol. The van der Waals surface area contributed by atoms with Crippen molar-refractivity contribution in [1.82, 2.24) is 0 Å². The van der Waals surface area contributed by atoms with Crippen molar-refractivity contribution in [2.75, 3.05) is 0 Å². The predicted molar refractivity (Wildman–Crippen MR) is 94.6 cm³/mol. The van der Waals surface area contributed by atoms with E-state index >= 15 is 0 Å². The normalized spacial score (nSPS) is 13.7. The van der Waals surface area contributed by atoms with E-state index in [2.05, 4.69) is 45.9 Å². The van der Waals surface area contributed by atoms with Crippen molar-refractivity contribution in [1.29, 1.82) is 0 Å². The molecule has 0 aromatic rings. The SMILES string of the molecule is CCCC(C)=CCC/C(C)=C\CC/C(C)=C/CCC(C)=O. The van der Waals surface area contributed by atoms with Crippen LogP contribution in [0.15, 0.2) is 34.9 Å². The highest BCUT2D eigenvalue weighted by Crippen LogP contribution is 2.13. The van der Waals surface area contributed by atoms with Gasteiger partial charge in [0.1, 0.15) is 5.78 Å². The smallest absolute Gasteiger partial charge is 0.130 e. The van der Waals surface area contributed by atoms with Gasteiger partial charge in [-0.1, -0.05) is 48.3 Å². The Morgan fingerprint density at radius 1 is 0.667 bits per heavy atom. The molecule has 0 spiro atoms. The quantitative estimate of drug-likeness (QED) is 0.394. The van der Waals surface area contributed by atoms with Crippen molar-refractivity contribution < 1.29 is 4.79 Å². The summed E-state index contributed by atoms with van der Waals surface area (Å²) in [6, 6.07) is 0. The molecule has 0 heterocycles. The summed E-state index contributed by atoms with van der Waals surface area (Å²) in [7, 11) is 0. The number of carbonyl (C=O) groups excluding carboxylic acids is 1. The average Bonchev–Trinajstić information content (AvgIpc) is 2.38. The van der Waals surface area contributed by atoms with Crippen LogP contribution in [-0.4, -0.2) is 5.78 Å². The lowest BCUT2D eigenvalue weighted by molar-refractivity contribution is -0.116. The van der Waals surface area contributed by atoms with Crippen LogP contribution in [0.2, 0.25) is 0 Å². The first-order valence-corrected chi connectivity index (χ1v) is 8.42. The van der Waals surface area contributed by atoms with Gasteiger partial charge in [0.2, 0.25) is 0 Å². The monoisotopic (exact) mass is 290 g/mol. The van der Waals surface area contributed by atoms with Crippen LogP contribution in [0, 0.1) is 0 Å². The van der Waals surface area contributed by atoms with Gasteiger partial charge in [0, 0.05) is 6.42 Å². The fraction of sp³-hybridized carbons (Fsp3) is 0.650. The van der Waals surface area contributed by atoms with Crippen LogP contribution in [0.4, 0.5) is 0 Å². The molecule has 0 saturated heterocycles. The maximum atomic E-state index is 10.9. The third-order valence-corrected chi connectivity index (χ3v) is 3.70. The van der Waals surface area contributed by atoms with Gasteiger partial charge >= 0.3 is 0 Å². The summed E-state index contributed by atoms with van der Waals surface area (Å²) >= 11 is 0. The molecule has 21 heavy (non-hydrogen) atoms. The highest BCUT2D eigenvalue weighted by atomic mass is 16.1. The lowest BCUT2D eigenvalue weighted by Crippen LogP contribution is -1.87. The van der Waals surface area contributed by atoms with Gasteiger partial charge in [0.05, 0.1) is 0 Å². The Morgan fingerprint density at radius 3 is 1.43 bits per heavy atom. The molecule has 0 unspecified atom stereocenters. The van der Waals surface area contributed by atoms with Crippen LogP contribution in [0.1, 0.15) is 86.0 Å². The minimum Gasteiger partial charge on any atom is -0.300 e. The largest absolute Gasteiger partial charge is 0.300 e. The standard InChI is InChI=1S/C20H34O/c1-6-10-17(2)11-7-12-18(3)13-8-14-19(4)15-9-16-20(5)21/h11,13,15H,6-10,12,14,16H2,1-5H3/b17-11?,18-13-,19-15+. The maximum absolute atomic E-state index is 10.9. The minimum absolute atomic E-state index is 0.279. The van der Waals surface area contributed by atoms with Gasteiger partial charge in [-0.15, -0.1) is 0 Å². The second kappa shape index (κ2) is 12.6. The molecule has 0 amide bonds. The molecule has 0 fully saturated rings. The first-order chi connectivity index (χ1) is 9.95. The summed E-state index contributed by atoms with van der Waals surface area (Å²) in [5.74, 6) is 0.279. The van der Waals surface area contributed by atoms with Crippen molar-refractivity contribution in [3.8, 4) is 0 Å². The summed E-state index contributed by atoms with van der Waals surface area (Å²) in [4.78, 5) is 10.9. The van der Waals surface area contributed by atoms with E-state index in [4.69, 9.17) is 0 Å². The van der Waals surface area contributed by atoms with Crippen molar-refractivity contribution >= 4 is 5.78 Å². The highest BCUT2D eigenvalue weighted by molar-refractivity contribution is 5.75. The predicted octanol–water partition coefficient (Wildman–Crippen LogP) is 6.56. The van der Waals surface area contributed by atoms with Crippen LogP contribution in [0.5, 0.6) is 0 Å². The molecule has 0 N–H and O–H groups in total. The molecular weight excluding hydrogens is 256 g/mol. The molecule has 0 radical (unpaired) electrons. The Kier molecular flexibility index (Phi) is 12.0. The van der Waals surface area contributed by atoms with Gasteiger partial charge in [-0.25, -0.2) is 0 Å². The zero-order chi connectivity index (χ0) is 16.1. The first kappa shape index (κ1) is 19.9. The van der Waals surface area contributed by atoms with Crippen molar-refractivity contribution in [2.24, 2.45) is 0 Å². The third kappa shape index (κ3) is 13.6. The Morgan fingerprint density at radius 2 is 1.05 bits per heavy atom. The molecule has 0 aliphatic carbocycles. The molecule has 120 valence electrons. The minimum atomic E-state index is 0.279. The molecular formula is C20H34O. The highest BCUT2D eigenvalue weighted by Gasteiger charge is 1.94. The van der Waals surface area contributed by atoms with E-state index in [1.807, 2.05) is 0 Å². The first-order valence-electron chi connectivity index (χ1n) is 8.42. The molecule has 0 saturated carbocycles. The van der Waals surface area contributed by atoms with Crippen LogP contribution < -0.4 is 0 Å². The van der Waals surface area contributed by atoms with Crippen LogP contribution >= 0.6 is 0 Å². The van der Waals surface area contributed by atoms with Gasteiger partial charge < -0.3 is 4.79 Å². The number of Topliss-reactive ketones (excluding diaryl/α,β-unsaturated/α-hetero) is 1. The number of ketones is 1. The molecule has 0 aromatic carbocycles. The molecule has 0 aliphatic rings. The van der Waals surface area contributed by atoms with E-state index in [0.29, 0.717) is 6.42 Å². The fourth-order valence-electron chi connectivity index (χ4n) is 2.31. The van der Waals surface area contributed by atoms with Gasteiger partial charge in [-0.3, -0.25) is 0 Å². The zero-order valence-corrected chi connectivity index (χ0v) is 14.8. The molecule has 0 atom stereocenters. The van der Waals surface area contributed by atoms with E-state index in [0.717, 1.165) is 19.3 Å². The van der Waals surface area contributed by atoms with Gasteiger partial charge in [-0.2, -0.15) is 0 Å². The number of hydrogen-bond acceptors (Lipinski definition) is 1. The van der Waals surface area contributed by atoms with E-state index < -0.39 is 0 Å². The van der Waals surface area contributed by atoms with E-state index in [1.165, 1.54) is 42.4 Å². The fourth-order valence-corrected chi connectivity index (χ4v) is 2.31. The van der Waals surface area contributed by atoms with Gasteiger partial charge in [0.25, 0.3) is 0 Å². The topological polar surface area (TPSA) is 17.1 Å². The number of allylic oxidation sites excluding steroid dienone is 6. The summed E-state index contributed by atoms with van der Waals surface area (Å²) in [6.45, 7) is 10.5. The van der Waals surface area contributed by atoms with E-state index in [-0.39, 0.29) is 5.78 Å². The summed E-state index contributed by atoms with van der Waals surface area (Å²) in [6.07, 6.45) is 15.6. The summed E-state index contributed by atoms with van der Waals surface area (Å²) in [5.41, 5.74) is 4.42. The van der Waals surface area contributed by atoms with E-state index in [9.17, 15) is 4.79 Å². The second-order valence-corrected chi connectivity index (χ2v) is 6.22. The Hall–Kier alpha value is -1.11. The number of hydrogen-bond donors (Lipinski definition) is 0. The Balaban J connectivity index is 3.91. The number of rotatable bonds is 11. The summed E-state index contributed by atoms with van der Waals surface area (Å²) < 4.78 is 0. The zero-order valence-electron chi connectivity index (χ0n) is 14.8. The second-order valence-electron chi connectivity index (χ2n) is 6.22. The molecule has 0 bridgehead atoms. The Labute approximate surface area is 132 Å². The third-order valence-electron chi connectivity index (χ3n) is 3.70.